The number of hydrogen-bond donors (Lipinski definition) is 2. The van der Waals surface area contributed by atoms with Crippen molar-refractivity contribution in [3.8, 4) is 0 Å². The molecule has 0 spiro atoms. The van der Waals surface area contributed by atoms with Crippen molar-refractivity contribution in [2.24, 2.45) is 11.7 Å². The number of primary amides is 1. The van der Waals surface area contributed by atoms with Crippen molar-refractivity contribution < 1.29 is 9.18 Å². The van der Waals surface area contributed by atoms with Crippen LogP contribution in [0.2, 0.25) is 0 Å². The van der Waals surface area contributed by atoms with Crippen molar-refractivity contribution in [3.05, 3.63) is 35.1 Å². The van der Waals surface area contributed by atoms with E-state index in [0.29, 0.717) is 23.7 Å². The monoisotopic (exact) mass is 264 g/mol. The fourth-order valence-electron chi connectivity index (χ4n) is 2.58. The van der Waals surface area contributed by atoms with Gasteiger partial charge in [-0.2, -0.15) is 0 Å². The van der Waals surface area contributed by atoms with E-state index in [1.54, 1.807) is 0 Å². The Kier molecular flexibility index (Phi) is 4.53. The van der Waals surface area contributed by atoms with Gasteiger partial charge >= 0.3 is 0 Å². The lowest BCUT2D eigenvalue weighted by molar-refractivity contribution is 0.1000. The van der Waals surface area contributed by atoms with Crippen molar-refractivity contribution in [3.63, 3.8) is 0 Å². The summed E-state index contributed by atoms with van der Waals surface area (Å²) < 4.78 is 13.7. The Morgan fingerprint density at radius 1 is 1.37 bits per heavy atom. The van der Waals surface area contributed by atoms with Crippen LogP contribution in [0.25, 0.3) is 0 Å². The predicted molar refractivity (Wildman–Crippen MR) is 73.2 cm³/mol. The maximum Gasteiger partial charge on any atom is 0.248 e. The van der Waals surface area contributed by atoms with Gasteiger partial charge in [0, 0.05) is 23.7 Å². The predicted octanol–water partition coefficient (Wildman–Crippen LogP) is 2.59. The number of benzene rings is 1. The molecule has 0 atom stereocenters. The van der Waals surface area contributed by atoms with Gasteiger partial charge in [-0.25, -0.2) is 4.39 Å². The van der Waals surface area contributed by atoms with Crippen LogP contribution in [0, 0.1) is 11.7 Å². The molecule has 3 N–H and O–H groups in total. The van der Waals surface area contributed by atoms with Gasteiger partial charge in [0.1, 0.15) is 5.82 Å². The molecule has 104 valence electrons. The summed E-state index contributed by atoms with van der Waals surface area (Å²) in [6, 6.07) is 4.72. The molecular formula is C15H21FN2O. The van der Waals surface area contributed by atoms with Crippen molar-refractivity contribution in [1.29, 1.82) is 0 Å². The van der Waals surface area contributed by atoms with Crippen molar-refractivity contribution in [1.82, 2.24) is 5.32 Å². The first-order chi connectivity index (χ1) is 9.06. The molecule has 0 radical (unpaired) electrons. The first-order valence-electron chi connectivity index (χ1n) is 6.88. The smallest absolute Gasteiger partial charge is 0.248 e. The largest absolute Gasteiger partial charge is 0.366 e. The number of hydrogen-bond acceptors (Lipinski definition) is 2. The van der Waals surface area contributed by atoms with Crippen LogP contribution in [0.5, 0.6) is 0 Å². The number of rotatable bonds is 4. The van der Waals surface area contributed by atoms with Gasteiger partial charge in [0.25, 0.3) is 0 Å². The average molecular weight is 264 g/mol. The van der Waals surface area contributed by atoms with Crippen LogP contribution in [0.4, 0.5) is 4.39 Å². The summed E-state index contributed by atoms with van der Waals surface area (Å²) >= 11 is 0. The van der Waals surface area contributed by atoms with Gasteiger partial charge in [-0.3, -0.25) is 4.79 Å². The molecule has 0 bridgehead atoms. The first kappa shape index (κ1) is 14.0. The van der Waals surface area contributed by atoms with Gasteiger partial charge in [-0.1, -0.05) is 6.92 Å². The Balaban J connectivity index is 1.95. The van der Waals surface area contributed by atoms with Crippen LogP contribution in [0.1, 0.15) is 48.5 Å². The van der Waals surface area contributed by atoms with Gasteiger partial charge < -0.3 is 11.1 Å². The summed E-state index contributed by atoms with van der Waals surface area (Å²) in [6.45, 7) is 2.72. The molecule has 0 heterocycles. The highest BCUT2D eigenvalue weighted by molar-refractivity contribution is 5.92. The van der Waals surface area contributed by atoms with Crippen LogP contribution >= 0.6 is 0 Å². The van der Waals surface area contributed by atoms with E-state index >= 15 is 0 Å². The average Bonchev–Trinajstić information content (AvgIpc) is 2.39. The fourth-order valence-corrected chi connectivity index (χ4v) is 2.58. The van der Waals surface area contributed by atoms with E-state index in [2.05, 4.69) is 12.2 Å². The van der Waals surface area contributed by atoms with E-state index in [-0.39, 0.29) is 5.82 Å². The molecule has 0 saturated heterocycles. The number of amides is 1. The van der Waals surface area contributed by atoms with Crippen LogP contribution < -0.4 is 11.1 Å². The molecule has 4 heteroatoms. The van der Waals surface area contributed by atoms with E-state index in [1.165, 1.54) is 31.0 Å². The minimum Gasteiger partial charge on any atom is -0.366 e. The van der Waals surface area contributed by atoms with Gasteiger partial charge in [-0.15, -0.1) is 0 Å². The highest BCUT2D eigenvalue weighted by Gasteiger charge is 2.18. The van der Waals surface area contributed by atoms with Crippen LogP contribution in [-0.2, 0) is 6.54 Å². The molecule has 1 amide bonds. The lowest BCUT2D eigenvalue weighted by Gasteiger charge is -2.27. The molecule has 1 aromatic rings. The molecule has 1 aliphatic carbocycles. The van der Waals surface area contributed by atoms with E-state index in [4.69, 9.17) is 5.73 Å². The summed E-state index contributed by atoms with van der Waals surface area (Å²) in [5, 5.41) is 3.37. The second kappa shape index (κ2) is 6.15. The number of nitrogens with one attached hydrogen (secondary N) is 1. The molecule has 1 aromatic carbocycles. The van der Waals surface area contributed by atoms with E-state index < -0.39 is 5.91 Å². The van der Waals surface area contributed by atoms with E-state index in [9.17, 15) is 9.18 Å². The Labute approximate surface area is 113 Å². The second-order valence-corrected chi connectivity index (χ2v) is 5.51. The molecule has 0 unspecified atom stereocenters. The third-order valence-electron chi connectivity index (χ3n) is 3.93. The number of nitrogens with two attached hydrogens (primary N) is 1. The van der Waals surface area contributed by atoms with Gasteiger partial charge in [-0.05, 0) is 49.8 Å². The first-order valence-corrected chi connectivity index (χ1v) is 6.88. The highest BCUT2D eigenvalue weighted by atomic mass is 19.1. The van der Waals surface area contributed by atoms with Gasteiger partial charge in [0.15, 0.2) is 0 Å². The fraction of sp³-hybridized carbons (Fsp3) is 0.533. The van der Waals surface area contributed by atoms with Gasteiger partial charge in [0.05, 0.1) is 0 Å². The third kappa shape index (κ3) is 3.77. The Bertz CT molecular complexity index is 453. The third-order valence-corrected chi connectivity index (χ3v) is 3.93. The van der Waals surface area contributed by atoms with E-state index in [1.807, 2.05) is 0 Å². The SMILES string of the molecule is CC1CCC(NCc2cc(C(N)=O)ccc2F)CC1. The zero-order valence-corrected chi connectivity index (χ0v) is 11.3. The molecule has 19 heavy (non-hydrogen) atoms. The number of carbonyl (C=O) groups excluding carboxylic acids is 1. The molecule has 0 aromatic heterocycles. The number of carbonyl (C=O) groups is 1. The molecule has 1 saturated carbocycles. The summed E-state index contributed by atoms with van der Waals surface area (Å²) in [6.07, 6.45) is 4.72. The Morgan fingerprint density at radius 2 is 2.05 bits per heavy atom. The van der Waals surface area contributed by atoms with E-state index in [0.717, 1.165) is 18.8 Å². The Hall–Kier alpha value is -1.42. The van der Waals surface area contributed by atoms with Crippen molar-refractivity contribution >= 4 is 5.91 Å². The molecule has 3 nitrogen and oxygen atoms in total. The maximum atomic E-state index is 13.7. The summed E-state index contributed by atoms with van der Waals surface area (Å²) in [5.41, 5.74) is 6.07. The lowest BCUT2D eigenvalue weighted by atomic mass is 9.87. The molecule has 1 fully saturated rings. The molecule has 2 rings (SSSR count). The minimum atomic E-state index is -0.521. The Morgan fingerprint density at radius 3 is 2.68 bits per heavy atom. The second-order valence-electron chi connectivity index (χ2n) is 5.51. The zero-order valence-electron chi connectivity index (χ0n) is 11.3. The topological polar surface area (TPSA) is 55.1 Å². The normalized spacial score (nSPS) is 23.3. The van der Waals surface area contributed by atoms with Crippen molar-refractivity contribution in [2.75, 3.05) is 0 Å². The quantitative estimate of drug-likeness (QED) is 0.878. The molecular weight excluding hydrogens is 243 g/mol. The maximum absolute atomic E-state index is 13.7. The standard InChI is InChI=1S/C15H21FN2O/c1-10-2-5-13(6-3-10)18-9-12-8-11(15(17)19)4-7-14(12)16/h4,7-8,10,13,18H,2-3,5-6,9H2,1H3,(H2,17,19). The van der Waals surface area contributed by atoms with Crippen LogP contribution in [0.15, 0.2) is 18.2 Å². The van der Waals surface area contributed by atoms with Crippen LogP contribution in [-0.4, -0.2) is 11.9 Å². The summed E-state index contributed by atoms with van der Waals surface area (Å²) in [4.78, 5) is 11.1. The van der Waals surface area contributed by atoms with Crippen LogP contribution in [0.3, 0.4) is 0 Å². The van der Waals surface area contributed by atoms with Crippen molar-refractivity contribution in [2.45, 2.75) is 45.2 Å². The minimum absolute atomic E-state index is 0.290. The summed E-state index contributed by atoms with van der Waals surface area (Å²) in [5.74, 6) is -0.0117. The zero-order chi connectivity index (χ0) is 13.8. The highest BCUT2D eigenvalue weighted by Crippen LogP contribution is 2.23. The number of halogens is 1. The lowest BCUT2D eigenvalue weighted by Crippen LogP contribution is -2.32. The molecule has 0 aliphatic heterocycles. The molecule has 1 aliphatic rings. The summed E-state index contributed by atoms with van der Waals surface area (Å²) in [7, 11) is 0. The van der Waals surface area contributed by atoms with Gasteiger partial charge in [0.2, 0.25) is 5.91 Å².